The summed E-state index contributed by atoms with van der Waals surface area (Å²) >= 11 is 1.67. The molecule has 3 nitrogen and oxygen atoms in total. The van der Waals surface area contributed by atoms with Crippen molar-refractivity contribution >= 4 is 23.5 Å². The van der Waals surface area contributed by atoms with E-state index in [1.54, 1.807) is 16.7 Å². The first-order chi connectivity index (χ1) is 6.07. The van der Waals surface area contributed by atoms with Gasteiger partial charge in [-0.1, -0.05) is 6.92 Å². The second kappa shape index (κ2) is 4.13. The van der Waals surface area contributed by atoms with E-state index >= 15 is 0 Å². The van der Waals surface area contributed by atoms with Crippen LogP contribution < -0.4 is 0 Å². The Labute approximate surface area is 82.9 Å². The Hall–Kier alpha value is -0.510. The van der Waals surface area contributed by atoms with Gasteiger partial charge >= 0.3 is 0 Å². The minimum atomic E-state index is -0.178. The predicted octanol–water partition coefficient (Wildman–Crippen LogP) is 1.28. The van der Waals surface area contributed by atoms with Crippen molar-refractivity contribution in [3.63, 3.8) is 0 Å². The molecule has 0 aromatic rings. The molecule has 1 fully saturated rings. The summed E-state index contributed by atoms with van der Waals surface area (Å²) in [4.78, 5) is 24.4. The van der Waals surface area contributed by atoms with Gasteiger partial charge in [-0.2, -0.15) is 0 Å². The van der Waals surface area contributed by atoms with Crippen LogP contribution in [0.5, 0.6) is 0 Å². The molecule has 13 heavy (non-hydrogen) atoms. The highest BCUT2D eigenvalue weighted by molar-refractivity contribution is 8.00. The summed E-state index contributed by atoms with van der Waals surface area (Å²) in [7, 11) is 0. The van der Waals surface area contributed by atoms with E-state index in [4.69, 9.17) is 0 Å². The first-order valence-electron chi connectivity index (χ1n) is 4.51. The third kappa shape index (κ3) is 2.05. The van der Waals surface area contributed by atoms with Gasteiger partial charge in [0, 0.05) is 19.1 Å². The Morgan fingerprint density at radius 1 is 1.54 bits per heavy atom. The van der Waals surface area contributed by atoms with E-state index < -0.39 is 0 Å². The number of thioether (sulfide) groups is 1. The molecule has 1 saturated heterocycles. The average molecular weight is 201 g/mol. The van der Waals surface area contributed by atoms with E-state index in [0.29, 0.717) is 6.42 Å². The zero-order chi connectivity index (χ0) is 10.0. The zero-order valence-corrected chi connectivity index (χ0v) is 9.06. The summed E-state index contributed by atoms with van der Waals surface area (Å²) in [6, 6.07) is -0.178. The summed E-state index contributed by atoms with van der Waals surface area (Å²) in [5.41, 5.74) is 0. The van der Waals surface area contributed by atoms with Crippen molar-refractivity contribution in [3.8, 4) is 0 Å². The smallest absolute Gasteiger partial charge is 0.220 e. The average Bonchev–Trinajstić information content (AvgIpc) is 2.45. The lowest BCUT2D eigenvalue weighted by Crippen LogP contribution is -2.43. The van der Waals surface area contributed by atoms with Crippen molar-refractivity contribution in [2.45, 2.75) is 38.6 Å². The van der Waals surface area contributed by atoms with Gasteiger partial charge in [0.2, 0.25) is 5.91 Å². The number of carbonyl (C=O) groups is 2. The quantitative estimate of drug-likeness (QED) is 0.675. The molecule has 1 amide bonds. The van der Waals surface area contributed by atoms with Gasteiger partial charge < -0.3 is 4.90 Å². The van der Waals surface area contributed by atoms with Gasteiger partial charge in [-0.05, 0) is 6.92 Å². The molecule has 2 unspecified atom stereocenters. The molecule has 0 aromatic carbocycles. The Morgan fingerprint density at radius 2 is 2.15 bits per heavy atom. The highest BCUT2D eigenvalue weighted by Crippen LogP contribution is 2.29. The van der Waals surface area contributed by atoms with Crippen molar-refractivity contribution in [3.05, 3.63) is 0 Å². The van der Waals surface area contributed by atoms with Gasteiger partial charge in [0.05, 0.1) is 5.37 Å². The maximum Gasteiger partial charge on any atom is 0.220 e. The predicted molar refractivity (Wildman–Crippen MR) is 53.5 cm³/mol. The van der Waals surface area contributed by atoms with Crippen molar-refractivity contribution in [2.75, 3.05) is 5.75 Å². The summed E-state index contributed by atoms with van der Waals surface area (Å²) in [6.45, 7) is 5.33. The maximum atomic E-state index is 11.5. The van der Waals surface area contributed by atoms with Crippen LogP contribution >= 0.6 is 11.8 Å². The second-order valence-electron chi connectivity index (χ2n) is 3.19. The molecule has 0 spiro atoms. The van der Waals surface area contributed by atoms with Crippen LogP contribution in [0, 0.1) is 0 Å². The molecule has 1 aliphatic heterocycles. The molecule has 4 heteroatoms. The van der Waals surface area contributed by atoms with E-state index in [9.17, 15) is 9.59 Å². The van der Waals surface area contributed by atoms with Crippen molar-refractivity contribution in [1.82, 2.24) is 4.90 Å². The van der Waals surface area contributed by atoms with Gasteiger partial charge in [0.1, 0.15) is 6.04 Å². The van der Waals surface area contributed by atoms with Crippen LogP contribution in [-0.4, -0.2) is 33.8 Å². The first kappa shape index (κ1) is 10.6. The van der Waals surface area contributed by atoms with Crippen molar-refractivity contribution in [1.29, 1.82) is 0 Å². The Kier molecular flexibility index (Phi) is 3.36. The second-order valence-corrected chi connectivity index (χ2v) is 4.54. The van der Waals surface area contributed by atoms with E-state index in [0.717, 1.165) is 5.75 Å². The van der Waals surface area contributed by atoms with Crippen molar-refractivity contribution in [2.24, 2.45) is 0 Å². The van der Waals surface area contributed by atoms with E-state index in [-0.39, 0.29) is 23.1 Å². The van der Waals surface area contributed by atoms with Gasteiger partial charge in [0.15, 0.2) is 5.78 Å². The lowest BCUT2D eigenvalue weighted by Gasteiger charge is -2.24. The van der Waals surface area contributed by atoms with Gasteiger partial charge in [-0.15, -0.1) is 11.8 Å². The molecule has 1 aliphatic rings. The fraction of sp³-hybridized carbons (Fsp3) is 0.778. The number of amides is 1. The fourth-order valence-corrected chi connectivity index (χ4v) is 2.87. The monoisotopic (exact) mass is 201 g/mol. The van der Waals surface area contributed by atoms with E-state index in [2.05, 4.69) is 0 Å². The number of Topliss-reactive ketones (excluding diaryl/α,β-unsaturated/α-hetero) is 1. The summed E-state index contributed by atoms with van der Waals surface area (Å²) in [6.07, 6.45) is 0.516. The SMILES string of the molecule is CCC(=O)C1CSC(C)N1C(C)=O. The number of rotatable bonds is 2. The molecular weight excluding hydrogens is 186 g/mol. The highest BCUT2D eigenvalue weighted by atomic mass is 32.2. The van der Waals surface area contributed by atoms with Crippen molar-refractivity contribution < 1.29 is 9.59 Å². The van der Waals surface area contributed by atoms with Gasteiger partial charge in [0.25, 0.3) is 0 Å². The van der Waals surface area contributed by atoms with Gasteiger partial charge in [-0.25, -0.2) is 0 Å². The van der Waals surface area contributed by atoms with Crippen LogP contribution in [0.2, 0.25) is 0 Å². The van der Waals surface area contributed by atoms with Crippen LogP contribution in [0.25, 0.3) is 0 Å². The summed E-state index contributed by atoms with van der Waals surface area (Å²) in [5.74, 6) is 0.935. The van der Waals surface area contributed by atoms with Gasteiger partial charge in [-0.3, -0.25) is 9.59 Å². The minimum absolute atomic E-state index is 0.00398. The molecule has 0 saturated carbocycles. The fourth-order valence-electron chi connectivity index (χ4n) is 1.60. The zero-order valence-electron chi connectivity index (χ0n) is 8.24. The number of ketones is 1. The standard InChI is InChI=1S/C9H15NO2S/c1-4-9(12)8-5-13-7(3)10(8)6(2)11/h7-8H,4-5H2,1-3H3. The third-order valence-corrected chi connectivity index (χ3v) is 3.52. The summed E-state index contributed by atoms with van der Waals surface area (Å²) in [5, 5.41) is 0.151. The van der Waals surface area contributed by atoms with Crippen LogP contribution in [0.3, 0.4) is 0 Å². The lowest BCUT2D eigenvalue weighted by molar-refractivity contribution is -0.136. The molecule has 2 atom stereocenters. The van der Waals surface area contributed by atoms with E-state index in [1.807, 2.05) is 13.8 Å². The molecular formula is C9H15NO2S. The molecule has 0 N–H and O–H groups in total. The highest BCUT2D eigenvalue weighted by Gasteiger charge is 2.36. The minimum Gasteiger partial charge on any atom is -0.320 e. The molecule has 0 aliphatic carbocycles. The van der Waals surface area contributed by atoms with Crippen LogP contribution in [0.1, 0.15) is 27.2 Å². The molecule has 1 heterocycles. The number of hydrogen-bond acceptors (Lipinski definition) is 3. The van der Waals surface area contributed by atoms with Crippen LogP contribution in [0.15, 0.2) is 0 Å². The normalized spacial score (nSPS) is 27.8. The topological polar surface area (TPSA) is 37.4 Å². The number of carbonyl (C=O) groups excluding carboxylic acids is 2. The number of nitrogens with zero attached hydrogens (tertiary/aromatic N) is 1. The first-order valence-corrected chi connectivity index (χ1v) is 5.56. The van der Waals surface area contributed by atoms with Crippen LogP contribution in [0.4, 0.5) is 0 Å². The number of hydrogen-bond donors (Lipinski definition) is 0. The summed E-state index contributed by atoms with van der Waals surface area (Å²) < 4.78 is 0. The van der Waals surface area contributed by atoms with E-state index in [1.165, 1.54) is 6.92 Å². The third-order valence-electron chi connectivity index (χ3n) is 2.31. The Balaban J connectivity index is 2.75. The maximum absolute atomic E-state index is 11.5. The molecule has 74 valence electrons. The Morgan fingerprint density at radius 3 is 2.62 bits per heavy atom. The molecule has 1 rings (SSSR count). The molecule has 0 bridgehead atoms. The Bertz CT molecular complexity index is 230. The lowest BCUT2D eigenvalue weighted by atomic mass is 10.1. The van der Waals surface area contributed by atoms with Crippen LogP contribution in [-0.2, 0) is 9.59 Å². The largest absolute Gasteiger partial charge is 0.320 e. The molecule has 0 aromatic heterocycles. The molecule has 0 radical (unpaired) electrons.